The molecule has 140 valence electrons. The molecule has 0 aliphatic rings. The second-order valence-corrected chi connectivity index (χ2v) is 10.3. The number of sulfonamides is 1. The van der Waals surface area contributed by atoms with Gasteiger partial charge in [0.2, 0.25) is 10.0 Å². The fourth-order valence-electron chi connectivity index (χ4n) is 2.42. The number of thiophene rings is 1. The van der Waals surface area contributed by atoms with E-state index in [0.717, 1.165) is 21.2 Å². The van der Waals surface area contributed by atoms with Gasteiger partial charge < -0.3 is 5.32 Å². The lowest BCUT2D eigenvalue weighted by atomic mass is 10.1. The molecule has 0 atom stereocenters. The molecule has 0 radical (unpaired) electrons. The number of halogens is 2. The largest absolute Gasteiger partial charge is 0.321 e. The summed E-state index contributed by atoms with van der Waals surface area (Å²) in [6.45, 7) is 0. The van der Waals surface area contributed by atoms with Crippen molar-refractivity contribution in [1.82, 2.24) is 0 Å². The Kier molecular flexibility index (Phi) is 5.90. The van der Waals surface area contributed by atoms with Gasteiger partial charge in [-0.1, -0.05) is 41.9 Å². The topological polar surface area (TPSA) is 75.3 Å². The molecule has 1 heterocycles. The highest BCUT2D eigenvalue weighted by atomic mass is 79.9. The summed E-state index contributed by atoms with van der Waals surface area (Å²) in [6, 6.07) is 16.1. The number of hydrogen-bond acceptors (Lipinski definition) is 4. The minimum Gasteiger partial charge on any atom is -0.321 e. The molecule has 0 bridgehead atoms. The van der Waals surface area contributed by atoms with Gasteiger partial charge >= 0.3 is 0 Å². The lowest BCUT2D eigenvalue weighted by Gasteiger charge is -2.09. The molecule has 3 rings (SSSR count). The molecule has 2 aromatic carbocycles. The third kappa shape index (κ3) is 5.32. The summed E-state index contributed by atoms with van der Waals surface area (Å²) in [5.41, 5.74) is 2.60. The summed E-state index contributed by atoms with van der Waals surface area (Å²) < 4.78 is 26.0. The average molecular weight is 486 g/mol. The van der Waals surface area contributed by atoms with Gasteiger partial charge in [0.25, 0.3) is 5.91 Å². The van der Waals surface area contributed by atoms with E-state index in [0.29, 0.717) is 15.6 Å². The molecule has 0 saturated heterocycles. The highest BCUT2D eigenvalue weighted by Gasteiger charge is 2.15. The summed E-state index contributed by atoms with van der Waals surface area (Å²) in [5, 5.41) is 3.05. The lowest BCUT2D eigenvalue weighted by Crippen LogP contribution is -2.12. The Labute approximate surface area is 174 Å². The third-order valence-electron chi connectivity index (χ3n) is 3.45. The maximum atomic E-state index is 12.6. The minimum absolute atomic E-state index is 0.276. The second kappa shape index (κ2) is 8.02. The predicted molar refractivity (Wildman–Crippen MR) is 115 cm³/mol. The molecule has 0 fully saturated rings. The van der Waals surface area contributed by atoms with Gasteiger partial charge in [-0.2, -0.15) is 0 Å². The molecule has 9 heteroatoms. The molecule has 2 N–H and O–H groups in total. The molecule has 0 spiro atoms. The number of rotatable bonds is 5. The standard InChI is InChI=1S/C18H14BrClN2O3S2/c1-27(24,25)22-14-8-12(20)7-13(9-14)21-18(23)16-10-15(17(19)26-16)11-5-3-2-4-6-11/h2-10,22H,1H3,(H,21,23). The van der Waals surface area contributed by atoms with Crippen molar-refractivity contribution >= 4 is 66.2 Å². The highest BCUT2D eigenvalue weighted by molar-refractivity contribution is 9.11. The Morgan fingerprint density at radius 1 is 1.07 bits per heavy atom. The number of amides is 1. The first kappa shape index (κ1) is 19.9. The van der Waals surface area contributed by atoms with Gasteiger partial charge in [-0.15, -0.1) is 11.3 Å². The van der Waals surface area contributed by atoms with Crippen LogP contribution < -0.4 is 10.0 Å². The van der Waals surface area contributed by atoms with Crippen molar-refractivity contribution in [3.8, 4) is 11.1 Å². The molecule has 0 unspecified atom stereocenters. The van der Waals surface area contributed by atoms with Crippen LogP contribution in [-0.4, -0.2) is 20.6 Å². The summed E-state index contributed by atoms with van der Waals surface area (Å²) in [5.74, 6) is -0.310. The molecule has 5 nitrogen and oxygen atoms in total. The smallest absolute Gasteiger partial charge is 0.265 e. The van der Waals surface area contributed by atoms with Crippen LogP contribution in [0.4, 0.5) is 11.4 Å². The van der Waals surface area contributed by atoms with E-state index < -0.39 is 10.0 Å². The Bertz CT molecular complexity index is 1100. The fourth-order valence-corrected chi connectivity index (χ4v) is 4.87. The Hall–Kier alpha value is -1.87. The van der Waals surface area contributed by atoms with Crippen LogP contribution in [-0.2, 0) is 10.0 Å². The van der Waals surface area contributed by atoms with Crippen LogP contribution in [0.2, 0.25) is 5.02 Å². The zero-order valence-corrected chi connectivity index (χ0v) is 18.0. The predicted octanol–water partition coefficient (Wildman–Crippen LogP) is 5.45. The van der Waals surface area contributed by atoms with Crippen LogP contribution >= 0.6 is 38.9 Å². The van der Waals surface area contributed by atoms with E-state index >= 15 is 0 Å². The van der Waals surface area contributed by atoms with Crippen molar-refractivity contribution < 1.29 is 13.2 Å². The maximum Gasteiger partial charge on any atom is 0.265 e. The summed E-state index contributed by atoms with van der Waals surface area (Å²) >= 11 is 10.8. The van der Waals surface area contributed by atoms with Gasteiger partial charge in [0.05, 0.1) is 20.6 Å². The average Bonchev–Trinajstić information content (AvgIpc) is 2.95. The zero-order valence-electron chi connectivity index (χ0n) is 14.0. The lowest BCUT2D eigenvalue weighted by molar-refractivity contribution is 0.103. The van der Waals surface area contributed by atoms with Crippen LogP contribution in [0, 0.1) is 0 Å². The van der Waals surface area contributed by atoms with Gasteiger partial charge in [0.1, 0.15) is 0 Å². The SMILES string of the molecule is CS(=O)(=O)Nc1cc(Cl)cc(NC(=O)c2cc(-c3ccccc3)c(Br)s2)c1. The number of benzene rings is 2. The number of anilines is 2. The highest BCUT2D eigenvalue weighted by Crippen LogP contribution is 2.36. The Morgan fingerprint density at radius 3 is 2.41 bits per heavy atom. The number of hydrogen-bond donors (Lipinski definition) is 2. The van der Waals surface area contributed by atoms with Crippen molar-refractivity contribution in [2.45, 2.75) is 0 Å². The van der Waals surface area contributed by atoms with E-state index in [1.165, 1.54) is 23.5 Å². The number of carbonyl (C=O) groups excluding carboxylic acids is 1. The zero-order chi connectivity index (χ0) is 19.6. The van der Waals surface area contributed by atoms with Crippen LogP contribution in [0.1, 0.15) is 9.67 Å². The van der Waals surface area contributed by atoms with Crippen LogP contribution in [0.15, 0.2) is 58.4 Å². The summed E-state index contributed by atoms with van der Waals surface area (Å²) in [4.78, 5) is 13.1. The number of nitrogens with one attached hydrogen (secondary N) is 2. The van der Waals surface area contributed by atoms with Gasteiger partial charge in [-0.25, -0.2) is 8.42 Å². The van der Waals surface area contributed by atoms with Crippen molar-refractivity contribution in [1.29, 1.82) is 0 Å². The van der Waals surface area contributed by atoms with E-state index in [-0.39, 0.29) is 11.6 Å². The van der Waals surface area contributed by atoms with Crippen molar-refractivity contribution in [3.63, 3.8) is 0 Å². The van der Waals surface area contributed by atoms with Crippen LogP contribution in [0.25, 0.3) is 11.1 Å². The molecule has 0 aliphatic carbocycles. The molecule has 3 aromatic rings. The first-order valence-corrected chi connectivity index (χ1v) is 11.5. The van der Waals surface area contributed by atoms with E-state index in [9.17, 15) is 13.2 Å². The van der Waals surface area contributed by atoms with Gasteiger partial charge in [-0.05, 0) is 45.8 Å². The van der Waals surface area contributed by atoms with Crippen molar-refractivity contribution in [3.05, 3.63) is 68.3 Å². The minimum atomic E-state index is -3.45. The van der Waals surface area contributed by atoms with E-state index in [1.54, 1.807) is 12.1 Å². The molecule has 0 saturated carbocycles. The number of carbonyl (C=O) groups is 1. The monoisotopic (exact) mass is 484 g/mol. The fraction of sp³-hybridized carbons (Fsp3) is 0.0556. The molecule has 27 heavy (non-hydrogen) atoms. The molecule has 1 aromatic heterocycles. The molecular formula is C18H14BrClN2O3S2. The van der Waals surface area contributed by atoms with Crippen molar-refractivity contribution in [2.24, 2.45) is 0 Å². The first-order valence-electron chi connectivity index (χ1n) is 7.66. The maximum absolute atomic E-state index is 12.6. The molecular weight excluding hydrogens is 472 g/mol. The van der Waals surface area contributed by atoms with Gasteiger partial charge in [0.15, 0.2) is 0 Å². The Balaban J connectivity index is 1.84. The van der Waals surface area contributed by atoms with Crippen LogP contribution in [0.5, 0.6) is 0 Å². The van der Waals surface area contributed by atoms with E-state index in [4.69, 9.17) is 11.6 Å². The molecule has 0 aliphatic heterocycles. The Morgan fingerprint density at radius 2 is 1.74 bits per heavy atom. The molecule has 1 amide bonds. The third-order valence-corrected chi connectivity index (χ3v) is 6.11. The van der Waals surface area contributed by atoms with Gasteiger partial charge in [0, 0.05) is 16.3 Å². The van der Waals surface area contributed by atoms with E-state index in [2.05, 4.69) is 26.0 Å². The van der Waals surface area contributed by atoms with Gasteiger partial charge in [-0.3, -0.25) is 9.52 Å². The second-order valence-electron chi connectivity index (χ2n) is 5.72. The summed E-state index contributed by atoms with van der Waals surface area (Å²) in [6.07, 6.45) is 1.04. The summed E-state index contributed by atoms with van der Waals surface area (Å²) in [7, 11) is -3.45. The van der Waals surface area contributed by atoms with Crippen LogP contribution in [0.3, 0.4) is 0 Å². The van der Waals surface area contributed by atoms with Crippen molar-refractivity contribution in [2.75, 3.05) is 16.3 Å². The normalized spacial score (nSPS) is 11.2. The van der Waals surface area contributed by atoms with E-state index in [1.807, 2.05) is 30.3 Å². The first-order chi connectivity index (χ1) is 12.7. The quantitative estimate of drug-likeness (QED) is 0.504.